The molecule has 0 spiro atoms. The molecule has 0 saturated carbocycles. The lowest BCUT2D eigenvalue weighted by Crippen LogP contribution is -2.45. The Labute approximate surface area is 146 Å². The third kappa shape index (κ3) is 4.35. The lowest BCUT2D eigenvalue weighted by Gasteiger charge is -2.20. The van der Waals surface area contributed by atoms with Crippen LogP contribution in [0.2, 0.25) is 5.15 Å². The van der Waals surface area contributed by atoms with Gasteiger partial charge in [-0.3, -0.25) is 9.59 Å². The number of nitrogens with one attached hydrogen (secondary N) is 2. The molecule has 7 heteroatoms. The third-order valence-electron chi connectivity index (χ3n) is 3.16. The first-order valence-electron chi connectivity index (χ1n) is 7.59. The first-order chi connectivity index (χ1) is 11.2. The van der Waals surface area contributed by atoms with Crippen LogP contribution in [-0.4, -0.2) is 33.7 Å². The molecule has 0 radical (unpaired) electrons. The number of hydrogen-bond acceptors (Lipinski definition) is 3. The Balaban J connectivity index is 2.13. The molecule has 2 N–H and O–H groups in total. The van der Waals surface area contributed by atoms with Gasteiger partial charge in [0, 0.05) is 5.54 Å². The predicted molar refractivity (Wildman–Crippen MR) is 93.5 cm³/mol. The van der Waals surface area contributed by atoms with E-state index in [1.807, 2.05) is 51.1 Å². The number of halogens is 1. The second kappa shape index (κ2) is 7.05. The summed E-state index contributed by atoms with van der Waals surface area (Å²) in [5.41, 5.74) is 1.17. The van der Waals surface area contributed by atoms with Crippen LogP contribution in [0.15, 0.2) is 30.3 Å². The van der Waals surface area contributed by atoms with Gasteiger partial charge >= 0.3 is 0 Å². The third-order valence-corrected chi connectivity index (χ3v) is 3.50. The summed E-state index contributed by atoms with van der Waals surface area (Å²) in [5, 5.41) is 9.88. The monoisotopic (exact) mass is 348 g/mol. The molecule has 2 rings (SSSR count). The molecule has 0 aliphatic carbocycles. The molecule has 2 amide bonds. The quantitative estimate of drug-likeness (QED) is 0.891. The number of carbonyl (C=O) groups is 2. The highest BCUT2D eigenvalue weighted by Crippen LogP contribution is 2.23. The highest BCUT2D eigenvalue weighted by molar-refractivity contribution is 6.33. The van der Waals surface area contributed by atoms with Gasteiger partial charge in [0.1, 0.15) is 5.15 Å². The van der Waals surface area contributed by atoms with E-state index in [2.05, 4.69) is 15.7 Å². The van der Waals surface area contributed by atoms with Crippen molar-refractivity contribution in [2.45, 2.75) is 33.2 Å². The fourth-order valence-corrected chi connectivity index (χ4v) is 2.57. The molecule has 1 heterocycles. The fourth-order valence-electron chi connectivity index (χ4n) is 2.21. The summed E-state index contributed by atoms with van der Waals surface area (Å²) in [6, 6.07) is 9.29. The molecule has 0 atom stereocenters. The van der Waals surface area contributed by atoms with E-state index in [1.165, 1.54) is 4.68 Å². The number of aryl methyl sites for hydroxylation is 1. The number of carbonyl (C=O) groups excluding carboxylic acids is 2. The van der Waals surface area contributed by atoms with Gasteiger partial charge in [0.05, 0.1) is 23.5 Å². The normalized spacial score (nSPS) is 11.2. The van der Waals surface area contributed by atoms with Gasteiger partial charge in [0.15, 0.2) is 0 Å². The van der Waals surface area contributed by atoms with Crippen LogP contribution in [-0.2, 0) is 4.79 Å². The minimum absolute atomic E-state index is 0.123. The summed E-state index contributed by atoms with van der Waals surface area (Å²) in [7, 11) is 0. The fraction of sp³-hybridized carbons (Fsp3) is 0.353. The molecule has 0 bridgehead atoms. The van der Waals surface area contributed by atoms with Crippen LogP contribution in [0.5, 0.6) is 0 Å². The Morgan fingerprint density at radius 3 is 2.42 bits per heavy atom. The van der Waals surface area contributed by atoms with E-state index in [0.717, 1.165) is 5.69 Å². The van der Waals surface area contributed by atoms with Crippen molar-refractivity contribution in [2.24, 2.45) is 0 Å². The van der Waals surface area contributed by atoms with Gasteiger partial charge in [-0.2, -0.15) is 5.10 Å². The van der Waals surface area contributed by atoms with E-state index in [9.17, 15) is 9.59 Å². The smallest absolute Gasteiger partial charge is 0.256 e. The van der Waals surface area contributed by atoms with Crippen LogP contribution in [0, 0.1) is 6.92 Å². The van der Waals surface area contributed by atoms with E-state index >= 15 is 0 Å². The van der Waals surface area contributed by atoms with E-state index < -0.39 is 5.91 Å². The van der Waals surface area contributed by atoms with Crippen LogP contribution in [0.1, 0.15) is 36.8 Å². The molecule has 0 aliphatic heterocycles. The second-order valence-electron chi connectivity index (χ2n) is 6.48. The Kier molecular flexibility index (Phi) is 5.29. The molecule has 6 nitrogen and oxygen atoms in total. The summed E-state index contributed by atoms with van der Waals surface area (Å²) in [5.74, 6) is -0.691. The molecule has 0 fully saturated rings. The zero-order valence-corrected chi connectivity index (χ0v) is 14.9. The average Bonchev–Trinajstić information content (AvgIpc) is 2.79. The highest BCUT2D eigenvalue weighted by atomic mass is 35.5. The Hall–Kier alpha value is -2.34. The van der Waals surface area contributed by atoms with Crippen molar-refractivity contribution in [1.82, 2.24) is 20.4 Å². The maximum absolute atomic E-state index is 12.4. The van der Waals surface area contributed by atoms with Crippen molar-refractivity contribution in [3.8, 4) is 5.69 Å². The molecule has 0 unspecified atom stereocenters. The van der Waals surface area contributed by atoms with E-state index in [1.54, 1.807) is 6.92 Å². The second-order valence-corrected chi connectivity index (χ2v) is 6.84. The lowest BCUT2D eigenvalue weighted by molar-refractivity contribution is -0.121. The Morgan fingerprint density at radius 1 is 1.21 bits per heavy atom. The van der Waals surface area contributed by atoms with Gasteiger partial charge < -0.3 is 10.6 Å². The SMILES string of the molecule is Cc1nn(-c2ccccc2)c(Cl)c1C(=O)NCC(=O)NC(C)(C)C. The Bertz CT molecular complexity index is 748. The van der Waals surface area contributed by atoms with E-state index in [0.29, 0.717) is 5.69 Å². The number of nitrogens with zero attached hydrogens (tertiary/aromatic N) is 2. The van der Waals surface area contributed by atoms with Crippen LogP contribution >= 0.6 is 11.6 Å². The van der Waals surface area contributed by atoms with Crippen molar-refractivity contribution >= 4 is 23.4 Å². The largest absolute Gasteiger partial charge is 0.350 e. The standard InChI is InChI=1S/C17H21ClN4O2/c1-11-14(16(24)19-10-13(23)20-17(2,3)4)15(18)22(21-11)12-8-6-5-7-9-12/h5-9H,10H2,1-4H3,(H,19,24)(H,20,23). The number of hydrogen-bond donors (Lipinski definition) is 2. The van der Waals surface area contributed by atoms with Gasteiger partial charge in [-0.05, 0) is 39.8 Å². The number of benzene rings is 1. The molecule has 1 aromatic carbocycles. The maximum atomic E-state index is 12.4. The molecule has 128 valence electrons. The molecular formula is C17H21ClN4O2. The van der Waals surface area contributed by atoms with Gasteiger partial charge in [-0.15, -0.1) is 0 Å². The number of rotatable bonds is 4. The van der Waals surface area contributed by atoms with Gasteiger partial charge in [0.25, 0.3) is 5.91 Å². The van der Waals surface area contributed by atoms with Crippen LogP contribution in [0.4, 0.5) is 0 Å². The predicted octanol–water partition coefficient (Wildman–Crippen LogP) is 2.48. The van der Waals surface area contributed by atoms with Gasteiger partial charge in [-0.25, -0.2) is 4.68 Å². The summed E-state index contributed by atoms with van der Waals surface area (Å²) < 4.78 is 1.50. The van der Waals surface area contributed by atoms with Crippen molar-refractivity contribution in [1.29, 1.82) is 0 Å². The topological polar surface area (TPSA) is 76.0 Å². The van der Waals surface area contributed by atoms with Crippen LogP contribution in [0.25, 0.3) is 5.69 Å². The first-order valence-corrected chi connectivity index (χ1v) is 7.96. The summed E-state index contributed by atoms with van der Waals surface area (Å²) in [6.45, 7) is 7.20. The molecule has 24 heavy (non-hydrogen) atoms. The van der Waals surface area contributed by atoms with Crippen molar-refractivity contribution < 1.29 is 9.59 Å². The number of amides is 2. The highest BCUT2D eigenvalue weighted by Gasteiger charge is 2.22. The minimum Gasteiger partial charge on any atom is -0.350 e. The molecule has 1 aromatic heterocycles. The van der Waals surface area contributed by atoms with Gasteiger partial charge in [-0.1, -0.05) is 29.8 Å². The van der Waals surface area contributed by atoms with Crippen LogP contribution in [0.3, 0.4) is 0 Å². The van der Waals surface area contributed by atoms with Crippen molar-refractivity contribution in [2.75, 3.05) is 6.54 Å². The number of aromatic nitrogens is 2. The minimum atomic E-state index is -0.427. The van der Waals surface area contributed by atoms with E-state index in [4.69, 9.17) is 11.6 Å². The lowest BCUT2D eigenvalue weighted by atomic mass is 10.1. The van der Waals surface area contributed by atoms with Crippen molar-refractivity contribution in [3.63, 3.8) is 0 Å². The molecular weight excluding hydrogens is 328 g/mol. The van der Waals surface area contributed by atoms with Crippen LogP contribution < -0.4 is 10.6 Å². The first kappa shape index (κ1) is 18.0. The average molecular weight is 349 g/mol. The molecule has 2 aromatic rings. The zero-order valence-electron chi connectivity index (χ0n) is 14.2. The van der Waals surface area contributed by atoms with E-state index in [-0.39, 0.29) is 28.7 Å². The summed E-state index contributed by atoms with van der Waals surface area (Å²) >= 11 is 6.32. The summed E-state index contributed by atoms with van der Waals surface area (Å²) in [4.78, 5) is 24.2. The molecule has 0 aliphatic rings. The Morgan fingerprint density at radius 2 is 1.83 bits per heavy atom. The summed E-state index contributed by atoms with van der Waals surface area (Å²) in [6.07, 6.45) is 0. The van der Waals surface area contributed by atoms with Crippen molar-refractivity contribution in [3.05, 3.63) is 46.7 Å². The maximum Gasteiger partial charge on any atom is 0.256 e. The molecule has 0 saturated heterocycles. The van der Waals surface area contributed by atoms with Gasteiger partial charge in [0.2, 0.25) is 5.91 Å². The zero-order chi connectivity index (χ0) is 17.9. The number of para-hydroxylation sites is 1.